The van der Waals surface area contributed by atoms with E-state index in [9.17, 15) is 4.79 Å². The Morgan fingerprint density at radius 2 is 1.87 bits per heavy atom. The molecule has 0 radical (unpaired) electrons. The first-order valence-corrected chi connectivity index (χ1v) is 11.5. The maximum atomic E-state index is 12.5. The van der Waals surface area contributed by atoms with Crippen molar-refractivity contribution in [2.75, 3.05) is 18.2 Å². The zero-order chi connectivity index (χ0) is 22.5. The van der Waals surface area contributed by atoms with Crippen molar-refractivity contribution in [1.29, 1.82) is 0 Å². The van der Waals surface area contributed by atoms with Crippen LogP contribution in [0.5, 0.6) is 11.5 Å². The van der Waals surface area contributed by atoms with Gasteiger partial charge in [-0.05, 0) is 56.2 Å². The third kappa shape index (κ3) is 5.40. The molecule has 31 heavy (non-hydrogen) atoms. The van der Waals surface area contributed by atoms with Gasteiger partial charge in [0.1, 0.15) is 0 Å². The number of para-hydroxylation sites is 2. The molecule has 1 amide bonds. The number of carbonyl (C=O) groups is 1. The van der Waals surface area contributed by atoms with Gasteiger partial charge in [-0.15, -0.1) is 10.2 Å². The summed E-state index contributed by atoms with van der Waals surface area (Å²) in [4.78, 5) is 12.5. The van der Waals surface area contributed by atoms with Crippen LogP contribution in [0.2, 0.25) is 0 Å². The third-order valence-corrected chi connectivity index (χ3v) is 6.81. The van der Waals surface area contributed by atoms with E-state index in [1.807, 2.05) is 68.8 Å². The van der Waals surface area contributed by atoms with Crippen LogP contribution in [0.1, 0.15) is 30.0 Å². The number of carbonyl (C=O) groups excluding carboxylic acids is 1. The lowest BCUT2D eigenvalue weighted by atomic mass is 10.1. The number of halogens is 1. The van der Waals surface area contributed by atoms with Gasteiger partial charge in [0.2, 0.25) is 5.91 Å². The summed E-state index contributed by atoms with van der Waals surface area (Å²) in [5.41, 5.74) is 2.95. The van der Waals surface area contributed by atoms with Crippen molar-refractivity contribution in [3.63, 3.8) is 0 Å². The van der Waals surface area contributed by atoms with Crippen LogP contribution in [-0.4, -0.2) is 33.5 Å². The van der Waals surface area contributed by atoms with E-state index in [4.69, 9.17) is 9.47 Å². The Labute approximate surface area is 194 Å². The number of aromatic nitrogens is 3. The van der Waals surface area contributed by atoms with Crippen LogP contribution in [0.25, 0.3) is 0 Å². The fourth-order valence-corrected chi connectivity index (χ4v) is 4.15. The highest BCUT2D eigenvalue weighted by Gasteiger charge is 2.19. The van der Waals surface area contributed by atoms with Gasteiger partial charge in [0.05, 0.1) is 12.9 Å². The summed E-state index contributed by atoms with van der Waals surface area (Å²) in [6, 6.07) is 11.3. The van der Waals surface area contributed by atoms with E-state index in [-0.39, 0.29) is 17.8 Å². The Balaban J connectivity index is 1.62. The number of nitrogens with one attached hydrogen (secondary N) is 1. The summed E-state index contributed by atoms with van der Waals surface area (Å²) in [6.07, 6.45) is -0.342. The zero-order valence-electron chi connectivity index (χ0n) is 18.1. The second kappa shape index (κ2) is 10.2. The summed E-state index contributed by atoms with van der Waals surface area (Å²) in [6.45, 7) is 5.90. The quantitative estimate of drug-likeness (QED) is 0.431. The van der Waals surface area contributed by atoms with E-state index in [0.29, 0.717) is 22.5 Å². The molecule has 0 bridgehead atoms. The normalized spacial score (nSPS) is 11.8. The van der Waals surface area contributed by atoms with Crippen LogP contribution in [0, 0.1) is 13.8 Å². The van der Waals surface area contributed by atoms with Gasteiger partial charge in [-0.25, -0.2) is 0 Å². The average Bonchev–Trinajstić information content (AvgIpc) is 3.13. The third-order valence-electron chi connectivity index (χ3n) is 4.93. The molecule has 0 aliphatic carbocycles. The van der Waals surface area contributed by atoms with Crippen LogP contribution in [0.4, 0.5) is 5.69 Å². The maximum Gasteiger partial charge on any atom is 0.234 e. The van der Waals surface area contributed by atoms with Gasteiger partial charge in [0.15, 0.2) is 28.6 Å². The Morgan fingerprint density at radius 1 is 1.16 bits per heavy atom. The van der Waals surface area contributed by atoms with Crippen LogP contribution in [0.15, 0.2) is 46.0 Å². The molecule has 2 aromatic carbocycles. The molecule has 1 N–H and O–H groups in total. The summed E-state index contributed by atoms with van der Waals surface area (Å²) >= 11 is 4.83. The zero-order valence-corrected chi connectivity index (χ0v) is 20.5. The number of thioether (sulfide) groups is 1. The molecule has 0 spiro atoms. The first-order chi connectivity index (χ1) is 14.8. The highest BCUT2D eigenvalue weighted by Crippen LogP contribution is 2.31. The predicted molar refractivity (Wildman–Crippen MR) is 126 cm³/mol. The lowest BCUT2D eigenvalue weighted by Crippen LogP contribution is -2.16. The molecule has 1 heterocycles. The Hall–Kier alpha value is -2.52. The van der Waals surface area contributed by atoms with E-state index < -0.39 is 0 Å². The van der Waals surface area contributed by atoms with Crippen LogP contribution in [-0.2, 0) is 11.8 Å². The molecule has 0 aliphatic rings. The van der Waals surface area contributed by atoms with Crippen molar-refractivity contribution in [3.8, 4) is 11.5 Å². The van der Waals surface area contributed by atoms with Gasteiger partial charge < -0.3 is 19.4 Å². The van der Waals surface area contributed by atoms with Crippen molar-refractivity contribution in [1.82, 2.24) is 14.8 Å². The van der Waals surface area contributed by atoms with Gasteiger partial charge in [-0.3, -0.25) is 4.79 Å². The van der Waals surface area contributed by atoms with Crippen LogP contribution < -0.4 is 14.8 Å². The van der Waals surface area contributed by atoms with E-state index in [2.05, 4.69) is 31.4 Å². The largest absolute Gasteiger partial charge is 0.493 e. The second-order valence-corrected chi connectivity index (χ2v) is 8.79. The van der Waals surface area contributed by atoms with Crippen molar-refractivity contribution in [2.45, 2.75) is 32.0 Å². The van der Waals surface area contributed by atoms with Gasteiger partial charge in [-0.1, -0.05) is 39.8 Å². The molecule has 0 saturated carbocycles. The van der Waals surface area contributed by atoms with Crippen LogP contribution >= 0.6 is 27.7 Å². The number of ether oxygens (including phenoxy) is 2. The Bertz CT molecular complexity index is 1090. The minimum absolute atomic E-state index is 0.0994. The van der Waals surface area contributed by atoms with Gasteiger partial charge in [0, 0.05) is 17.2 Å². The van der Waals surface area contributed by atoms with E-state index >= 15 is 0 Å². The summed E-state index contributed by atoms with van der Waals surface area (Å²) in [7, 11) is 3.46. The molecule has 1 atom stereocenters. The molecule has 0 fully saturated rings. The molecule has 3 rings (SSSR count). The van der Waals surface area contributed by atoms with E-state index in [0.717, 1.165) is 21.3 Å². The monoisotopic (exact) mass is 504 g/mol. The molecule has 9 heteroatoms. The molecule has 3 aromatic rings. The molecule has 0 saturated heterocycles. The molecular formula is C22H25BrN4O3S. The molecule has 7 nitrogen and oxygen atoms in total. The average molecular weight is 505 g/mol. The lowest BCUT2D eigenvalue weighted by molar-refractivity contribution is -0.113. The standard InChI is InChI=1S/C22H25BrN4O3S/c1-13-14(2)17(11-10-16(13)23)24-20(28)12-31-22-26-25-21(27(22)4)15(3)30-19-9-7-6-8-18(19)29-5/h6-11,15H,12H2,1-5H3,(H,24,28). The minimum Gasteiger partial charge on any atom is -0.493 e. The Kier molecular flexibility index (Phi) is 7.61. The molecule has 1 unspecified atom stereocenters. The summed E-state index contributed by atoms with van der Waals surface area (Å²) in [5.74, 6) is 2.07. The van der Waals surface area contributed by atoms with Gasteiger partial charge in [0.25, 0.3) is 0 Å². The highest BCUT2D eigenvalue weighted by molar-refractivity contribution is 9.10. The van der Waals surface area contributed by atoms with Crippen molar-refractivity contribution < 1.29 is 14.3 Å². The van der Waals surface area contributed by atoms with Crippen molar-refractivity contribution in [3.05, 3.63) is 57.8 Å². The number of hydrogen-bond acceptors (Lipinski definition) is 6. The van der Waals surface area contributed by atoms with Crippen molar-refractivity contribution in [2.24, 2.45) is 7.05 Å². The molecule has 0 aliphatic heterocycles. The molecule has 164 valence electrons. The molecule has 1 aromatic heterocycles. The van der Waals surface area contributed by atoms with E-state index in [1.54, 1.807) is 7.11 Å². The number of benzene rings is 2. The van der Waals surface area contributed by atoms with E-state index in [1.165, 1.54) is 11.8 Å². The first-order valence-electron chi connectivity index (χ1n) is 9.69. The number of anilines is 1. The highest BCUT2D eigenvalue weighted by atomic mass is 79.9. The number of hydrogen-bond donors (Lipinski definition) is 1. The smallest absolute Gasteiger partial charge is 0.234 e. The second-order valence-electron chi connectivity index (χ2n) is 6.99. The van der Waals surface area contributed by atoms with Crippen LogP contribution in [0.3, 0.4) is 0 Å². The number of rotatable bonds is 8. The summed E-state index contributed by atoms with van der Waals surface area (Å²) < 4.78 is 14.2. The van der Waals surface area contributed by atoms with Crippen molar-refractivity contribution >= 4 is 39.3 Å². The number of nitrogens with zero attached hydrogens (tertiary/aromatic N) is 3. The SMILES string of the molecule is COc1ccccc1OC(C)c1nnc(SCC(=O)Nc2ccc(Br)c(C)c2C)n1C. The molecular weight excluding hydrogens is 480 g/mol. The topological polar surface area (TPSA) is 78.3 Å². The van der Waals surface area contributed by atoms with Gasteiger partial charge in [-0.2, -0.15) is 0 Å². The Morgan fingerprint density at radius 3 is 2.58 bits per heavy atom. The summed E-state index contributed by atoms with van der Waals surface area (Å²) in [5, 5.41) is 12.1. The number of methoxy groups -OCH3 is 1. The predicted octanol–water partition coefficient (Wildman–Crippen LogP) is 5.07. The lowest BCUT2D eigenvalue weighted by Gasteiger charge is -2.16. The van der Waals surface area contributed by atoms with Gasteiger partial charge >= 0.3 is 0 Å². The maximum absolute atomic E-state index is 12.5. The number of amides is 1. The minimum atomic E-state index is -0.342. The fraction of sp³-hybridized carbons (Fsp3) is 0.318. The fourth-order valence-electron chi connectivity index (χ4n) is 3.00. The first kappa shape index (κ1) is 23.1.